The largest absolute Gasteiger partial charge is 0.258 e. The first kappa shape index (κ1) is 20.3. The third kappa shape index (κ3) is 3.22. The lowest BCUT2D eigenvalue weighted by Crippen LogP contribution is -2.03. The monoisotopic (exact) mass is 557 g/mol. The molecule has 0 spiro atoms. The number of hydrogen-bond donors (Lipinski definition) is 0. The number of rotatable bonds is 3. The molecule has 160 valence electrons. The molecule has 0 fully saturated rings. The molecule has 3 aromatic heterocycles. The van der Waals surface area contributed by atoms with E-state index in [1.165, 1.54) is 5.56 Å². The molecule has 0 saturated heterocycles. The van der Waals surface area contributed by atoms with Crippen LogP contribution < -0.4 is 0 Å². The Labute approximate surface area is 207 Å². The molecule has 0 aliphatic carbocycles. The Hall–Kier alpha value is -3.29. The van der Waals surface area contributed by atoms with Crippen LogP contribution in [-0.4, -0.2) is 24.2 Å². The maximum atomic E-state index is 4.94. The third-order valence-corrected chi connectivity index (χ3v) is 7.21. The second kappa shape index (κ2) is 7.93. The molecule has 33 heavy (non-hydrogen) atoms. The van der Waals surface area contributed by atoms with Gasteiger partial charge < -0.3 is 0 Å². The number of benzene rings is 3. The summed E-state index contributed by atoms with van der Waals surface area (Å²) in [6.07, 6.45) is 0. The minimum Gasteiger partial charge on any atom is -0.258 e. The van der Waals surface area contributed by atoms with E-state index in [0.29, 0.717) is 5.78 Å². The van der Waals surface area contributed by atoms with Crippen molar-refractivity contribution in [3.8, 4) is 33.9 Å². The Morgan fingerprint density at radius 3 is 1.97 bits per heavy atom. The van der Waals surface area contributed by atoms with E-state index in [2.05, 4.69) is 89.8 Å². The van der Waals surface area contributed by atoms with E-state index in [9.17, 15) is 0 Å². The summed E-state index contributed by atoms with van der Waals surface area (Å²) < 4.78 is 5.75. The van der Waals surface area contributed by atoms with Crippen molar-refractivity contribution in [1.29, 1.82) is 0 Å². The minimum atomic E-state index is 0.644. The van der Waals surface area contributed by atoms with Gasteiger partial charge in [0.25, 0.3) is 5.78 Å². The molecule has 5 nitrogen and oxygen atoms in total. The predicted molar refractivity (Wildman–Crippen MR) is 138 cm³/mol. The lowest BCUT2D eigenvalue weighted by molar-refractivity contribution is 0.931. The fourth-order valence-electron chi connectivity index (χ4n) is 4.08. The van der Waals surface area contributed by atoms with Gasteiger partial charge >= 0.3 is 0 Å². The first-order valence-corrected chi connectivity index (χ1v) is 12.0. The Kier molecular flexibility index (Phi) is 4.89. The van der Waals surface area contributed by atoms with Crippen molar-refractivity contribution in [3.63, 3.8) is 0 Å². The number of aromatic nitrogens is 5. The number of fused-ring (bicyclic) bond motifs is 3. The third-order valence-electron chi connectivity index (χ3n) is 5.71. The first-order chi connectivity index (χ1) is 16.1. The molecule has 0 unspecified atom stereocenters. The van der Waals surface area contributed by atoms with Crippen molar-refractivity contribution in [2.75, 3.05) is 0 Å². The highest BCUT2D eigenvalue weighted by Crippen LogP contribution is 2.41. The second-order valence-electron chi connectivity index (χ2n) is 7.84. The quantitative estimate of drug-likeness (QED) is 0.230. The van der Waals surface area contributed by atoms with Gasteiger partial charge in [0.2, 0.25) is 0 Å². The van der Waals surface area contributed by atoms with Gasteiger partial charge in [0.05, 0.1) is 14.6 Å². The van der Waals surface area contributed by atoms with Crippen LogP contribution >= 0.6 is 31.9 Å². The van der Waals surface area contributed by atoms with Crippen molar-refractivity contribution in [2.24, 2.45) is 0 Å². The molecular formula is C26H17Br2N5. The Morgan fingerprint density at radius 2 is 1.30 bits per heavy atom. The molecule has 0 radical (unpaired) electrons. The van der Waals surface area contributed by atoms with E-state index >= 15 is 0 Å². The van der Waals surface area contributed by atoms with E-state index in [0.717, 1.165) is 48.4 Å². The molecule has 6 aromatic rings. The zero-order valence-corrected chi connectivity index (χ0v) is 20.7. The van der Waals surface area contributed by atoms with Gasteiger partial charge in [-0.3, -0.25) is 4.40 Å². The van der Waals surface area contributed by atoms with E-state index in [1.807, 2.05) is 53.0 Å². The average molecular weight is 559 g/mol. The molecule has 3 aromatic carbocycles. The van der Waals surface area contributed by atoms with Crippen molar-refractivity contribution in [2.45, 2.75) is 6.92 Å². The molecule has 0 aliphatic rings. The van der Waals surface area contributed by atoms with Crippen molar-refractivity contribution < 1.29 is 0 Å². The summed E-state index contributed by atoms with van der Waals surface area (Å²) in [6.45, 7) is 2.09. The van der Waals surface area contributed by atoms with Crippen molar-refractivity contribution >= 4 is 43.2 Å². The summed E-state index contributed by atoms with van der Waals surface area (Å²) in [4.78, 5) is 0. The zero-order valence-electron chi connectivity index (χ0n) is 17.6. The summed E-state index contributed by atoms with van der Waals surface area (Å²) in [5.74, 6) is 1.40. The number of halogens is 2. The average Bonchev–Trinajstić information content (AvgIpc) is 3.43. The molecular weight excluding hydrogens is 542 g/mol. The van der Waals surface area contributed by atoms with Gasteiger partial charge in [0.15, 0.2) is 5.82 Å². The van der Waals surface area contributed by atoms with Crippen LogP contribution in [0.5, 0.6) is 0 Å². The minimum absolute atomic E-state index is 0.644. The molecule has 6 rings (SSSR count). The van der Waals surface area contributed by atoms with Gasteiger partial charge in [-0.1, -0.05) is 90.5 Å². The van der Waals surface area contributed by atoms with Crippen LogP contribution in [0.3, 0.4) is 0 Å². The van der Waals surface area contributed by atoms with Gasteiger partial charge in [0.1, 0.15) is 11.2 Å². The molecule has 0 aliphatic heterocycles. The molecule has 3 heterocycles. The Morgan fingerprint density at radius 1 is 0.667 bits per heavy atom. The molecule has 0 atom stereocenters. The Balaban J connectivity index is 1.77. The van der Waals surface area contributed by atoms with Gasteiger partial charge in [-0.25, -0.2) is 0 Å². The van der Waals surface area contributed by atoms with Crippen molar-refractivity contribution in [3.05, 3.63) is 99.4 Å². The summed E-state index contributed by atoms with van der Waals surface area (Å²) in [7, 11) is 0. The summed E-state index contributed by atoms with van der Waals surface area (Å²) >= 11 is 7.74. The molecule has 0 N–H and O–H groups in total. The van der Waals surface area contributed by atoms with Crippen LogP contribution in [0.25, 0.3) is 45.2 Å². The lowest BCUT2D eigenvalue weighted by Gasteiger charge is -2.13. The van der Waals surface area contributed by atoms with Crippen LogP contribution in [0, 0.1) is 6.92 Å². The second-order valence-corrected chi connectivity index (χ2v) is 9.43. The number of hydrogen-bond acceptors (Lipinski definition) is 3. The van der Waals surface area contributed by atoms with Crippen molar-refractivity contribution in [1.82, 2.24) is 24.2 Å². The maximum Gasteiger partial charge on any atom is 0.257 e. The van der Waals surface area contributed by atoms with Gasteiger partial charge in [0, 0.05) is 11.1 Å². The number of nitrogens with zero attached hydrogens (tertiary/aromatic N) is 5. The summed E-state index contributed by atoms with van der Waals surface area (Å²) in [5.41, 5.74) is 7.01. The van der Waals surface area contributed by atoms with Crippen LogP contribution in [0.1, 0.15) is 5.56 Å². The van der Waals surface area contributed by atoms with Crippen LogP contribution in [0.2, 0.25) is 0 Å². The topological polar surface area (TPSA) is 47.5 Å². The van der Waals surface area contributed by atoms with Gasteiger partial charge in [-0.2, -0.15) is 9.61 Å². The molecule has 0 saturated carbocycles. The predicted octanol–water partition coefficient (Wildman–Crippen LogP) is 7.21. The van der Waals surface area contributed by atoms with Crippen LogP contribution in [0.4, 0.5) is 0 Å². The fraction of sp³-hybridized carbons (Fsp3) is 0.0385. The van der Waals surface area contributed by atoms with Crippen LogP contribution in [0.15, 0.2) is 93.9 Å². The van der Waals surface area contributed by atoms with E-state index in [1.54, 1.807) is 0 Å². The SMILES string of the molecule is Cc1ccc(-c2c(Br)c3c(Br)c(-c4ccccc4)nn3c3nnc(-c4ccccc4)n23)cc1. The van der Waals surface area contributed by atoms with Gasteiger partial charge in [-0.15, -0.1) is 10.2 Å². The highest BCUT2D eigenvalue weighted by Gasteiger charge is 2.25. The maximum absolute atomic E-state index is 4.94. The van der Waals surface area contributed by atoms with E-state index < -0.39 is 0 Å². The first-order valence-electron chi connectivity index (χ1n) is 10.5. The van der Waals surface area contributed by atoms with Gasteiger partial charge in [-0.05, 0) is 44.3 Å². The molecule has 0 bridgehead atoms. The standard InChI is InChI=1S/C26H17Br2N5/c1-16-12-14-18(15-13-16)23-21(28)24-20(27)22(17-8-4-2-5-9-17)31-33(24)26-30-29-25(32(23)26)19-10-6-3-7-11-19/h2-15H,1H3. The normalized spacial score (nSPS) is 11.5. The highest BCUT2D eigenvalue weighted by atomic mass is 79.9. The lowest BCUT2D eigenvalue weighted by atomic mass is 10.1. The van der Waals surface area contributed by atoms with E-state index in [4.69, 9.17) is 5.10 Å². The fourth-order valence-corrected chi connectivity index (χ4v) is 5.80. The summed E-state index contributed by atoms with van der Waals surface area (Å²) in [5, 5.41) is 14.1. The smallest absolute Gasteiger partial charge is 0.257 e. The van der Waals surface area contributed by atoms with E-state index in [-0.39, 0.29) is 0 Å². The number of aryl methyl sites for hydroxylation is 1. The molecule has 7 heteroatoms. The zero-order chi connectivity index (χ0) is 22.5. The van der Waals surface area contributed by atoms with Crippen LogP contribution in [-0.2, 0) is 0 Å². The summed E-state index contributed by atoms with van der Waals surface area (Å²) in [6, 6.07) is 28.7. The molecule has 0 amide bonds. The highest BCUT2D eigenvalue weighted by molar-refractivity contribution is 9.11. The Bertz CT molecular complexity index is 1620.